The summed E-state index contributed by atoms with van der Waals surface area (Å²) in [7, 11) is 0. The molecule has 2 amide bonds. The maximum absolute atomic E-state index is 12.9. The van der Waals surface area contributed by atoms with Gasteiger partial charge in [-0.05, 0) is 44.2 Å². The molecule has 1 saturated carbocycles. The van der Waals surface area contributed by atoms with Gasteiger partial charge < -0.3 is 10.6 Å². The minimum atomic E-state index is -0.439. The van der Waals surface area contributed by atoms with Crippen LogP contribution in [0.4, 0.5) is 0 Å². The third kappa shape index (κ3) is 2.55. The molecule has 1 aliphatic carbocycles. The van der Waals surface area contributed by atoms with E-state index in [0.29, 0.717) is 11.5 Å². The lowest BCUT2D eigenvalue weighted by Gasteiger charge is -2.33. The van der Waals surface area contributed by atoms with Gasteiger partial charge in [0.1, 0.15) is 6.04 Å². The van der Waals surface area contributed by atoms with Crippen molar-refractivity contribution in [2.24, 2.45) is 11.7 Å². The lowest BCUT2D eigenvalue weighted by Crippen LogP contribution is -2.48. The third-order valence-electron chi connectivity index (χ3n) is 4.92. The highest BCUT2D eigenvalue weighted by atomic mass is 16.2. The maximum Gasteiger partial charge on any atom is 0.254 e. The van der Waals surface area contributed by atoms with Gasteiger partial charge in [0, 0.05) is 11.6 Å². The molecule has 112 valence electrons. The summed E-state index contributed by atoms with van der Waals surface area (Å²) in [6, 6.07) is 7.31. The maximum atomic E-state index is 12.9. The number of hydrogen-bond acceptors (Lipinski definition) is 2. The summed E-state index contributed by atoms with van der Waals surface area (Å²) in [6.45, 7) is 1.97. The smallest absolute Gasteiger partial charge is 0.254 e. The number of benzene rings is 1. The summed E-state index contributed by atoms with van der Waals surface area (Å²) in [4.78, 5) is 26.5. The second-order valence-electron chi connectivity index (χ2n) is 6.35. The predicted molar refractivity (Wildman–Crippen MR) is 80.7 cm³/mol. The van der Waals surface area contributed by atoms with Crippen molar-refractivity contribution in [3.63, 3.8) is 0 Å². The van der Waals surface area contributed by atoms with Crippen LogP contribution in [0.3, 0.4) is 0 Å². The van der Waals surface area contributed by atoms with E-state index in [2.05, 4.69) is 0 Å². The van der Waals surface area contributed by atoms with Gasteiger partial charge in [-0.25, -0.2) is 0 Å². The molecule has 21 heavy (non-hydrogen) atoms. The van der Waals surface area contributed by atoms with E-state index in [1.54, 1.807) is 4.90 Å². The zero-order chi connectivity index (χ0) is 15.0. The SMILES string of the molecule is Cc1cccc(C(=O)N2[C@H](C(N)=O)C[C@@H]3CCCC[C@@H]32)c1. The summed E-state index contributed by atoms with van der Waals surface area (Å²) in [6.07, 6.45) is 5.15. The van der Waals surface area contributed by atoms with Crippen molar-refractivity contribution in [1.29, 1.82) is 0 Å². The van der Waals surface area contributed by atoms with Crippen LogP contribution in [0.2, 0.25) is 0 Å². The molecular weight excluding hydrogens is 264 g/mol. The number of hydrogen-bond donors (Lipinski definition) is 1. The molecule has 4 nitrogen and oxygen atoms in total. The van der Waals surface area contributed by atoms with Gasteiger partial charge >= 0.3 is 0 Å². The van der Waals surface area contributed by atoms with Crippen molar-refractivity contribution in [1.82, 2.24) is 4.90 Å². The van der Waals surface area contributed by atoms with Gasteiger partial charge in [0.05, 0.1) is 0 Å². The molecule has 0 aromatic heterocycles. The second-order valence-corrected chi connectivity index (χ2v) is 6.35. The molecule has 0 radical (unpaired) electrons. The van der Waals surface area contributed by atoms with Gasteiger partial charge in [0.15, 0.2) is 0 Å². The third-order valence-corrected chi connectivity index (χ3v) is 4.92. The van der Waals surface area contributed by atoms with E-state index in [9.17, 15) is 9.59 Å². The first-order valence-corrected chi connectivity index (χ1v) is 7.76. The zero-order valence-electron chi connectivity index (χ0n) is 12.4. The standard InChI is InChI=1S/C17H22N2O2/c1-11-5-4-7-13(9-11)17(21)19-14-8-3-2-6-12(14)10-15(19)16(18)20/h4-5,7,9,12,14-15H,2-3,6,8,10H2,1H3,(H2,18,20)/t12-,14-,15-/m0/s1. The summed E-state index contributed by atoms with van der Waals surface area (Å²) in [5.74, 6) is 0.0207. The molecule has 4 heteroatoms. The van der Waals surface area contributed by atoms with E-state index in [1.165, 1.54) is 6.42 Å². The molecule has 1 aromatic rings. The number of carbonyl (C=O) groups excluding carboxylic acids is 2. The predicted octanol–water partition coefficient (Wildman–Crippen LogP) is 2.25. The number of aryl methyl sites for hydroxylation is 1. The van der Waals surface area contributed by atoms with Crippen LogP contribution in [0, 0.1) is 12.8 Å². The lowest BCUT2D eigenvalue weighted by atomic mass is 9.84. The first-order valence-electron chi connectivity index (χ1n) is 7.76. The number of likely N-dealkylation sites (tertiary alicyclic amines) is 1. The molecule has 2 fully saturated rings. The van der Waals surface area contributed by atoms with Gasteiger partial charge in [-0.3, -0.25) is 9.59 Å². The monoisotopic (exact) mass is 286 g/mol. The van der Waals surface area contributed by atoms with Gasteiger partial charge in [0.2, 0.25) is 5.91 Å². The normalized spacial score (nSPS) is 28.2. The lowest BCUT2D eigenvalue weighted by molar-refractivity contribution is -0.122. The average Bonchev–Trinajstić information content (AvgIpc) is 2.86. The highest BCUT2D eigenvalue weighted by molar-refractivity contribution is 5.98. The molecule has 1 aliphatic heterocycles. The Hall–Kier alpha value is -1.84. The number of rotatable bonds is 2. The fourth-order valence-corrected chi connectivity index (χ4v) is 3.93. The minimum Gasteiger partial charge on any atom is -0.368 e. The molecular formula is C17H22N2O2. The van der Waals surface area contributed by atoms with Crippen molar-refractivity contribution >= 4 is 11.8 Å². The number of fused-ring (bicyclic) bond motifs is 1. The van der Waals surface area contributed by atoms with Crippen molar-refractivity contribution in [3.05, 3.63) is 35.4 Å². The molecule has 0 unspecified atom stereocenters. The summed E-state index contributed by atoms with van der Waals surface area (Å²) < 4.78 is 0. The molecule has 2 N–H and O–H groups in total. The number of amides is 2. The van der Waals surface area contributed by atoms with Crippen LogP contribution in [-0.2, 0) is 4.79 Å². The quantitative estimate of drug-likeness (QED) is 0.906. The van der Waals surface area contributed by atoms with Gasteiger partial charge in [0.25, 0.3) is 5.91 Å². The first kappa shape index (κ1) is 14.1. The Kier molecular flexibility index (Phi) is 3.70. The van der Waals surface area contributed by atoms with E-state index >= 15 is 0 Å². The van der Waals surface area contributed by atoms with E-state index in [4.69, 9.17) is 5.73 Å². The average molecular weight is 286 g/mol. The number of nitrogens with zero attached hydrogens (tertiary/aromatic N) is 1. The molecule has 1 aromatic carbocycles. The largest absolute Gasteiger partial charge is 0.368 e. The van der Waals surface area contributed by atoms with E-state index in [0.717, 1.165) is 31.2 Å². The van der Waals surface area contributed by atoms with Crippen molar-refractivity contribution in [3.8, 4) is 0 Å². The Balaban J connectivity index is 1.92. The Morgan fingerprint density at radius 2 is 2.00 bits per heavy atom. The van der Waals surface area contributed by atoms with E-state index < -0.39 is 6.04 Å². The van der Waals surface area contributed by atoms with Crippen LogP contribution in [0.15, 0.2) is 24.3 Å². The van der Waals surface area contributed by atoms with Crippen LogP contribution in [0.5, 0.6) is 0 Å². The Labute approximate surface area is 125 Å². The Bertz CT molecular complexity index is 570. The fourth-order valence-electron chi connectivity index (χ4n) is 3.93. The minimum absolute atomic E-state index is 0.0445. The van der Waals surface area contributed by atoms with Crippen molar-refractivity contribution < 1.29 is 9.59 Å². The molecule has 0 bridgehead atoms. The van der Waals surface area contributed by atoms with Gasteiger partial charge in [-0.2, -0.15) is 0 Å². The number of nitrogens with two attached hydrogens (primary N) is 1. The highest BCUT2D eigenvalue weighted by Gasteiger charge is 2.46. The molecule has 1 saturated heterocycles. The van der Waals surface area contributed by atoms with Crippen LogP contribution < -0.4 is 5.73 Å². The fraction of sp³-hybridized carbons (Fsp3) is 0.529. The Morgan fingerprint density at radius 1 is 1.24 bits per heavy atom. The van der Waals surface area contributed by atoms with Gasteiger partial charge in [-0.15, -0.1) is 0 Å². The first-order chi connectivity index (χ1) is 10.1. The van der Waals surface area contributed by atoms with Crippen LogP contribution >= 0.6 is 0 Å². The van der Waals surface area contributed by atoms with Crippen LogP contribution in [0.1, 0.15) is 48.0 Å². The molecule has 3 rings (SSSR count). The topological polar surface area (TPSA) is 63.4 Å². The molecule has 1 heterocycles. The zero-order valence-corrected chi connectivity index (χ0v) is 12.4. The summed E-state index contributed by atoms with van der Waals surface area (Å²) in [5.41, 5.74) is 7.27. The van der Waals surface area contributed by atoms with E-state index in [1.807, 2.05) is 31.2 Å². The second kappa shape index (κ2) is 5.51. The van der Waals surface area contributed by atoms with Crippen molar-refractivity contribution in [2.45, 2.75) is 51.1 Å². The van der Waals surface area contributed by atoms with E-state index in [-0.39, 0.29) is 17.9 Å². The van der Waals surface area contributed by atoms with Gasteiger partial charge in [-0.1, -0.05) is 30.5 Å². The molecule has 2 aliphatic rings. The van der Waals surface area contributed by atoms with Crippen LogP contribution in [0.25, 0.3) is 0 Å². The van der Waals surface area contributed by atoms with Crippen molar-refractivity contribution in [2.75, 3.05) is 0 Å². The summed E-state index contributed by atoms with van der Waals surface area (Å²) in [5, 5.41) is 0. The number of primary amides is 1. The Morgan fingerprint density at radius 3 is 2.71 bits per heavy atom. The highest BCUT2D eigenvalue weighted by Crippen LogP contribution is 2.40. The van der Waals surface area contributed by atoms with Crippen LogP contribution in [-0.4, -0.2) is 28.8 Å². The number of carbonyl (C=O) groups is 2. The molecule has 0 spiro atoms. The molecule has 3 atom stereocenters. The summed E-state index contributed by atoms with van der Waals surface area (Å²) >= 11 is 0.